The number of amides is 2. The zero-order valence-electron chi connectivity index (χ0n) is 12.9. The Bertz CT molecular complexity index is 541. The van der Waals surface area contributed by atoms with Crippen molar-refractivity contribution in [1.82, 2.24) is 10.6 Å². The van der Waals surface area contributed by atoms with E-state index in [1.807, 2.05) is 6.07 Å². The van der Waals surface area contributed by atoms with Crippen LogP contribution < -0.4 is 10.6 Å². The van der Waals surface area contributed by atoms with Gasteiger partial charge in [-0.05, 0) is 37.7 Å². The van der Waals surface area contributed by atoms with E-state index in [0.717, 1.165) is 38.6 Å². The van der Waals surface area contributed by atoms with Crippen LogP contribution in [-0.4, -0.2) is 30.8 Å². The number of hydrogen-bond acceptors (Lipinski definition) is 2. The minimum Gasteiger partial charge on any atom is -0.373 e. The van der Waals surface area contributed by atoms with Gasteiger partial charge in [-0.25, -0.2) is 4.79 Å². The normalized spacial score (nSPS) is 31.5. The molecule has 2 amide bonds. The van der Waals surface area contributed by atoms with Crippen LogP contribution in [-0.2, 0) is 10.2 Å². The molecule has 0 spiro atoms. The summed E-state index contributed by atoms with van der Waals surface area (Å²) in [6.07, 6.45) is 7.40. The van der Waals surface area contributed by atoms with Crippen molar-refractivity contribution in [1.29, 1.82) is 0 Å². The topological polar surface area (TPSA) is 50.4 Å². The first kappa shape index (κ1) is 14.1. The molecule has 4 nitrogen and oxygen atoms in total. The number of rotatable bonds is 4. The fourth-order valence-electron chi connectivity index (χ4n) is 4.22. The molecule has 3 unspecified atom stereocenters. The highest BCUT2D eigenvalue weighted by atomic mass is 16.5. The van der Waals surface area contributed by atoms with Crippen LogP contribution in [0.3, 0.4) is 0 Å². The molecule has 3 fully saturated rings. The summed E-state index contributed by atoms with van der Waals surface area (Å²) in [5, 5.41) is 6.21. The first-order chi connectivity index (χ1) is 10.8. The third-order valence-electron chi connectivity index (χ3n) is 5.71. The Hall–Kier alpha value is -1.55. The van der Waals surface area contributed by atoms with Crippen LogP contribution >= 0.6 is 0 Å². The molecule has 4 heteroatoms. The van der Waals surface area contributed by atoms with Crippen LogP contribution in [0.2, 0.25) is 0 Å². The molecule has 2 saturated heterocycles. The minimum atomic E-state index is -0.0386. The summed E-state index contributed by atoms with van der Waals surface area (Å²) in [7, 11) is 0. The summed E-state index contributed by atoms with van der Waals surface area (Å²) in [5.41, 5.74) is 1.49. The summed E-state index contributed by atoms with van der Waals surface area (Å²) >= 11 is 0. The summed E-state index contributed by atoms with van der Waals surface area (Å²) in [6, 6.07) is 10.7. The van der Waals surface area contributed by atoms with Gasteiger partial charge in [-0.3, -0.25) is 0 Å². The molecule has 0 aromatic heterocycles. The molecule has 2 bridgehead atoms. The second kappa shape index (κ2) is 5.58. The van der Waals surface area contributed by atoms with Crippen molar-refractivity contribution >= 4 is 6.03 Å². The van der Waals surface area contributed by atoms with E-state index in [9.17, 15) is 4.79 Å². The van der Waals surface area contributed by atoms with Crippen molar-refractivity contribution < 1.29 is 9.53 Å². The summed E-state index contributed by atoms with van der Waals surface area (Å²) in [6.45, 7) is 0.727. The molecule has 1 aromatic rings. The third kappa shape index (κ3) is 2.50. The monoisotopic (exact) mass is 300 g/mol. The second-order valence-electron chi connectivity index (χ2n) is 7.04. The Morgan fingerprint density at radius 2 is 2.05 bits per heavy atom. The molecule has 4 rings (SSSR count). The molecule has 1 aromatic carbocycles. The van der Waals surface area contributed by atoms with Gasteiger partial charge >= 0.3 is 6.03 Å². The maximum Gasteiger partial charge on any atom is 0.315 e. The number of urea groups is 1. The molecule has 1 saturated carbocycles. The lowest BCUT2D eigenvalue weighted by molar-refractivity contribution is 0.0980. The van der Waals surface area contributed by atoms with Crippen LogP contribution in [0.15, 0.2) is 30.3 Å². The Labute approximate surface area is 131 Å². The van der Waals surface area contributed by atoms with E-state index >= 15 is 0 Å². The average molecular weight is 300 g/mol. The number of carbonyl (C=O) groups excluding carboxylic acids is 1. The molecule has 3 aliphatic rings. The summed E-state index contributed by atoms with van der Waals surface area (Å²) in [4.78, 5) is 12.2. The first-order valence-electron chi connectivity index (χ1n) is 8.51. The van der Waals surface area contributed by atoms with E-state index in [1.165, 1.54) is 12.0 Å². The Kier molecular flexibility index (Phi) is 3.57. The summed E-state index contributed by atoms with van der Waals surface area (Å²) in [5.74, 6) is 0. The van der Waals surface area contributed by atoms with Crippen LogP contribution in [0.25, 0.3) is 0 Å². The fraction of sp³-hybridized carbons (Fsp3) is 0.611. The molecule has 2 aliphatic heterocycles. The first-order valence-corrected chi connectivity index (χ1v) is 8.51. The number of ether oxygens (including phenoxy) is 1. The highest BCUT2D eigenvalue weighted by molar-refractivity contribution is 5.74. The Morgan fingerprint density at radius 1 is 1.23 bits per heavy atom. The van der Waals surface area contributed by atoms with E-state index < -0.39 is 0 Å². The molecular weight excluding hydrogens is 276 g/mol. The molecule has 0 radical (unpaired) electrons. The van der Waals surface area contributed by atoms with Crippen molar-refractivity contribution in [3.63, 3.8) is 0 Å². The maximum atomic E-state index is 12.2. The number of benzene rings is 1. The highest BCUT2D eigenvalue weighted by Crippen LogP contribution is 2.43. The van der Waals surface area contributed by atoms with Crippen LogP contribution in [0.4, 0.5) is 4.79 Å². The average Bonchev–Trinajstić information content (AvgIpc) is 3.10. The van der Waals surface area contributed by atoms with Crippen molar-refractivity contribution in [2.45, 2.75) is 62.2 Å². The van der Waals surface area contributed by atoms with E-state index in [4.69, 9.17) is 4.74 Å². The van der Waals surface area contributed by atoms with Gasteiger partial charge in [0.15, 0.2) is 0 Å². The zero-order chi connectivity index (χ0) is 15.0. The summed E-state index contributed by atoms with van der Waals surface area (Å²) < 4.78 is 5.79. The molecule has 3 atom stereocenters. The largest absolute Gasteiger partial charge is 0.373 e. The van der Waals surface area contributed by atoms with Gasteiger partial charge in [-0.15, -0.1) is 0 Å². The van der Waals surface area contributed by atoms with Gasteiger partial charge in [0.05, 0.1) is 18.2 Å². The molecule has 1 aliphatic carbocycles. The van der Waals surface area contributed by atoms with Crippen LogP contribution in [0.1, 0.15) is 44.1 Å². The lowest BCUT2D eigenvalue weighted by atomic mass is 9.64. The molecule has 2 N–H and O–H groups in total. The van der Waals surface area contributed by atoms with E-state index in [2.05, 4.69) is 34.9 Å². The standard InChI is InChI=1S/C18H24N2O2/c21-17(20-15-11-14-7-8-16(15)22-14)19-12-18(9-4-10-18)13-5-2-1-3-6-13/h1-3,5-6,14-16H,4,7-12H2,(H2,19,20,21). The Balaban J connectivity index is 1.33. The second-order valence-corrected chi connectivity index (χ2v) is 7.04. The van der Waals surface area contributed by atoms with E-state index in [-0.39, 0.29) is 23.6 Å². The fourth-order valence-corrected chi connectivity index (χ4v) is 4.22. The van der Waals surface area contributed by atoms with Crippen LogP contribution in [0, 0.1) is 0 Å². The van der Waals surface area contributed by atoms with Gasteiger partial charge in [-0.2, -0.15) is 0 Å². The van der Waals surface area contributed by atoms with Crippen molar-refractivity contribution in [2.75, 3.05) is 6.54 Å². The van der Waals surface area contributed by atoms with E-state index in [0.29, 0.717) is 6.10 Å². The molecule has 2 heterocycles. The van der Waals surface area contributed by atoms with Gasteiger partial charge in [0.2, 0.25) is 0 Å². The maximum absolute atomic E-state index is 12.2. The van der Waals surface area contributed by atoms with Gasteiger partial charge in [0, 0.05) is 12.0 Å². The van der Waals surface area contributed by atoms with Crippen molar-refractivity contribution in [3.05, 3.63) is 35.9 Å². The quantitative estimate of drug-likeness (QED) is 0.898. The SMILES string of the molecule is O=C(NCC1(c2ccccc2)CCC1)NC1CC2CCC1O2. The number of fused-ring (bicyclic) bond motifs is 2. The number of nitrogens with one attached hydrogen (secondary N) is 2. The third-order valence-corrected chi connectivity index (χ3v) is 5.71. The lowest BCUT2D eigenvalue weighted by Gasteiger charge is -2.42. The molecule has 22 heavy (non-hydrogen) atoms. The number of hydrogen-bond donors (Lipinski definition) is 2. The predicted octanol–water partition coefficient (Wildman–Crippen LogP) is 2.73. The molecule has 118 valence electrons. The van der Waals surface area contributed by atoms with Gasteiger partial charge in [0.1, 0.15) is 0 Å². The van der Waals surface area contributed by atoms with Crippen LogP contribution in [0.5, 0.6) is 0 Å². The molecular formula is C18H24N2O2. The smallest absolute Gasteiger partial charge is 0.315 e. The Morgan fingerprint density at radius 3 is 2.64 bits per heavy atom. The number of carbonyl (C=O) groups is 1. The van der Waals surface area contributed by atoms with Gasteiger partial charge in [-0.1, -0.05) is 36.8 Å². The van der Waals surface area contributed by atoms with Crippen molar-refractivity contribution in [3.8, 4) is 0 Å². The minimum absolute atomic E-state index is 0.0386. The van der Waals surface area contributed by atoms with Gasteiger partial charge < -0.3 is 15.4 Å². The van der Waals surface area contributed by atoms with Crippen molar-refractivity contribution in [2.24, 2.45) is 0 Å². The predicted molar refractivity (Wildman–Crippen MR) is 84.8 cm³/mol. The van der Waals surface area contributed by atoms with E-state index in [1.54, 1.807) is 0 Å². The zero-order valence-corrected chi connectivity index (χ0v) is 12.9. The highest BCUT2D eigenvalue weighted by Gasteiger charge is 2.42. The lowest BCUT2D eigenvalue weighted by Crippen LogP contribution is -2.51. The van der Waals surface area contributed by atoms with Gasteiger partial charge in [0.25, 0.3) is 0 Å².